The van der Waals surface area contributed by atoms with Gasteiger partial charge in [-0.15, -0.1) is 0 Å². The molecule has 2 rings (SSSR count). The van der Waals surface area contributed by atoms with E-state index in [4.69, 9.17) is 11.6 Å². The van der Waals surface area contributed by atoms with E-state index < -0.39 is 0 Å². The van der Waals surface area contributed by atoms with E-state index in [1.165, 1.54) is 18.2 Å². The van der Waals surface area contributed by atoms with Crippen molar-refractivity contribution in [2.75, 3.05) is 6.54 Å². The molecule has 0 spiro atoms. The number of aromatic nitrogens is 2. The van der Waals surface area contributed by atoms with Crippen molar-refractivity contribution in [3.63, 3.8) is 0 Å². The summed E-state index contributed by atoms with van der Waals surface area (Å²) >= 11 is 5.90. The summed E-state index contributed by atoms with van der Waals surface area (Å²) in [7, 11) is 0. The molecule has 0 saturated carbocycles. The number of aromatic hydroxyl groups is 1. The average Bonchev–Trinajstić information content (AvgIpc) is 2.90. The van der Waals surface area contributed by atoms with E-state index >= 15 is 0 Å². The number of nitrogens with one attached hydrogen (secondary N) is 1. The van der Waals surface area contributed by atoms with Crippen LogP contribution in [0, 0.1) is 0 Å². The molecule has 1 amide bonds. The number of halogens is 1. The molecule has 2 aromatic rings. The maximum atomic E-state index is 11.8. The lowest BCUT2D eigenvalue weighted by Gasteiger charge is -2.07. The summed E-state index contributed by atoms with van der Waals surface area (Å²) in [5.41, 5.74) is 0.278. The third-order valence-electron chi connectivity index (χ3n) is 2.60. The predicted molar refractivity (Wildman–Crippen MR) is 72.3 cm³/mol. The van der Waals surface area contributed by atoms with Gasteiger partial charge in [0.15, 0.2) is 0 Å². The molecule has 0 aliphatic heterocycles. The number of hydrogen-bond donors (Lipinski definition) is 2. The minimum absolute atomic E-state index is 0.0195. The van der Waals surface area contributed by atoms with Crippen LogP contribution in [0.2, 0.25) is 5.02 Å². The van der Waals surface area contributed by atoms with Crippen molar-refractivity contribution in [1.82, 2.24) is 15.1 Å². The number of amides is 1. The molecule has 0 unspecified atom stereocenters. The Morgan fingerprint density at radius 3 is 3.05 bits per heavy atom. The van der Waals surface area contributed by atoms with E-state index in [1.807, 2.05) is 12.3 Å². The first-order valence-corrected chi connectivity index (χ1v) is 6.29. The van der Waals surface area contributed by atoms with Crippen LogP contribution in [0.5, 0.6) is 5.75 Å². The SMILES string of the molecule is O=C(NCCCn1cccn1)c1cc(O)ccc1Cl. The molecule has 100 valence electrons. The van der Waals surface area contributed by atoms with Crippen molar-refractivity contribution in [2.45, 2.75) is 13.0 Å². The average molecular weight is 280 g/mol. The molecule has 2 N–H and O–H groups in total. The quantitative estimate of drug-likeness (QED) is 0.823. The molecule has 19 heavy (non-hydrogen) atoms. The maximum Gasteiger partial charge on any atom is 0.252 e. The van der Waals surface area contributed by atoms with Crippen molar-refractivity contribution in [1.29, 1.82) is 0 Å². The van der Waals surface area contributed by atoms with Crippen molar-refractivity contribution in [2.24, 2.45) is 0 Å². The van der Waals surface area contributed by atoms with E-state index in [0.717, 1.165) is 13.0 Å². The van der Waals surface area contributed by atoms with Crippen LogP contribution in [-0.4, -0.2) is 27.3 Å². The zero-order chi connectivity index (χ0) is 13.7. The van der Waals surface area contributed by atoms with Crippen LogP contribution in [0.1, 0.15) is 16.8 Å². The fourth-order valence-corrected chi connectivity index (χ4v) is 1.86. The highest BCUT2D eigenvalue weighted by Crippen LogP contribution is 2.20. The fraction of sp³-hybridized carbons (Fsp3) is 0.231. The number of phenolic OH excluding ortho intramolecular Hbond substituents is 1. The van der Waals surface area contributed by atoms with Gasteiger partial charge >= 0.3 is 0 Å². The minimum atomic E-state index is -0.290. The predicted octanol–water partition coefficient (Wildman–Crippen LogP) is 2.06. The van der Waals surface area contributed by atoms with Crippen molar-refractivity contribution < 1.29 is 9.90 Å². The molecule has 6 heteroatoms. The minimum Gasteiger partial charge on any atom is -0.508 e. The summed E-state index contributed by atoms with van der Waals surface area (Å²) in [6.07, 6.45) is 4.35. The zero-order valence-electron chi connectivity index (χ0n) is 10.2. The van der Waals surface area contributed by atoms with Gasteiger partial charge in [0.05, 0.1) is 10.6 Å². The number of aryl methyl sites for hydroxylation is 1. The van der Waals surface area contributed by atoms with Crippen molar-refractivity contribution in [3.05, 3.63) is 47.2 Å². The molecule has 1 aromatic carbocycles. The van der Waals surface area contributed by atoms with Gasteiger partial charge in [0.2, 0.25) is 0 Å². The Hall–Kier alpha value is -2.01. The molecule has 1 aromatic heterocycles. The van der Waals surface area contributed by atoms with Crippen LogP contribution in [-0.2, 0) is 6.54 Å². The number of rotatable bonds is 5. The lowest BCUT2D eigenvalue weighted by atomic mass is 10.2. The van der Waals surface area contributed by atoms with Crippen LogP contribution in [0.4, 0.5) is 0 Å². The number of carbonyl (C=O) groups is 1. The van der Waals surface area contributed by atoms with Gasteiger partial charge in [0.1, 0.15) is 5.75 Å². The summed E-state index contributed by atoms with van der Waals surface area (Å²) in [6, 6.07) is 6.14. The second kappa shape index (κ2) is 6.24. The molecule has 0 radical (unpaired) electrons. The number of benzene rings is 1. The summed E-state index contributed by atoms with van der Waals surface area (Å²) in [5, 5.41) is 16.5. The first-order valence-electron chi connectivity index (χ1n) is 5.91. The van der Waals surface area contributed by atoms with Gasteiger partial charge in [0, 0.05) is 25.5 Å². The Labute approximate surface area is 115 Å². The van der Waals surface area contributed by atoms with Crippen molar-refractivity contribution in [3.8, 4) is 5.75 Å². The van der Waals surface area contributed by atoms with E-state index in [-0.39, 0.29) is 17.2 Å². The molecular weight excluding hydrogens is 266 g/mol. The highest BCUT2D eigenvalue weighted by Gasteiger charge is 2.10. The molecule has 0 fully saturated rings. The highest BCUT2D eigenvalue weighted by molar-refractivity contribution is 6.33. The summed E-state index contributed by atoms with van der Waals surface area (Å²) in [5.74, 6) is -0.271. The topological polar surface area (TPSA) is 67.2 Å². The molecule has 0 saturated heterocycles. The molecule has 0 atom stereocenters. The molecule has 1 heterocycles. The number of nitrogens with zero attached hydrogens (tertiary/aromatic N) is 2. The fourth-order valence-electron chi connectivity index (χ4n) is 1.66. The Morgan fingerprint density at radius 2 is 2.32 bits per heavy atom. The van der Waals surface area contributed by atoms with E-state index in [2.05, 4.69) is 10.4 Å². The first-order chi connectivity index (χ1) is 9.16. The number of carbonyl (C=O) groups excluding carboxylic acids is 1. The molecule has 0 aliphatic rings. The normalized spacial score (nSPS) is 10.4. The monoisotopic (exact) mass is 279 g/mol. The smallest absolute Gasteiger partial charge is 0.252 e. The molecule has 5 nitrogen and oxygen atoms in total. The van der Waals surface area contributed by atoms with Crippen LogP contribution >= 0.6 is 11.6 Å². The van der Waals surface area contributed by atoms with Crippen LogP contribution in [0.15, 0.2) is 36.7 Å². The number of hydrogen-bond acceptors (Lipinski definition) is 3. The van der Waals surface area contributed by atoms with Gasteiger partial charge in [-0.3, -0.25) is 9.48 Å². The third kappa shape index (κ3) is 3.72. The number of phenols is 1. The largest absolute Gasteiger partial charge is 0.508 e. The van der Waals surface area contributed by atoms with Crippen LogP contribution in [0.3, 0.4) is 0 Å². The Morgan fingerprint density at radius 1 is 1.47 bits per heavy atom. The van der Waals surface area contributed by atoms with Gasteiger partial charge in [0.25, 0.3) is 5.91 Å². The van der Waals surface area contributed by atoms with Crippen LogP contribution in [0.25, 0.3) is 0 Å². The third-order valence-corrected chi connectivity index (χ3v) is 2.93. The van der Waals surface area contributed by atoms with Crippen LogP contribution < -0.4 is 5.32 Å². The van der Waals surface area contributed by atoms with Gasteiger partial charge in [-0.05, 0) is 30.7 Å². The second-order valence-electron chi connectivity index (χ2n) is 4.04. The summed E-state index contributed by atoms with van der Waals surface area (Å²) in [4.78, 5) is 11.8. The van der Waals surface area contributed by atoms with Crippen molar-refractivity contribution >= 4 is 17.5 Å². The molecule has 0 aliphatic carbocycles. The van der Waals surface area contributed by atoms with E-state index in [1.54, 1.807) is 10.9 Å². The Kier molecular flexibility index (Phi) is 4.41. The Balaban J connectivity index is 1.82. The molecule has 0 bridgehead atoms. The second-order valence-corrected chi connectivity index (χ2v) is 4.45. The summed E-state index contributed by atoms with van der Waals surface area (Å²) < 4.78 is 1.80. The van der Waals surface area contributed by atoms with Gasteiger partial charge < -0.3 is 10.4 Å². The zero-order valence-corrected chi connectivity index (χ0v) is 11.0. The molecular formula is C13H14ClN3O2. The Bertz CT molecular complexity index is 555. The first kappa shape index (κ1) is 13.4. The van der Waals surface area contributed by atoms with E-state index in [0.29, 0.717) is 11.6 Å². The van der Waals surface area contributed by atoms with Gasteiger partial charge in [-0.25, -0.2) is 0 Å². The standard InChI is InChI=1S/C13H14ClN3O2/c14-12-4-3-10(18)9-11(12)13(19)15-5-1-7-17-8-2-6-16-17/h2-4,6,8-9,18H,1,5,7H2,(H,15,19). The highest BCUT2D eigenvalue weighted by atomic mass is 35.5. The summed E-state index contributed by atoms with van der Waals surface area (Å²) in [6.45, 7) is 1.26. The van der Waals surface area contributed by atoms with Gasteiger partial charge in [-0.1, -0.05) is 11.6 Å². The lowest BCUT2D eigenvalue weighted by molar-refractivity contribution is 0.0952. The van der Waals surface area contributed by atoms with E-state index in [9.17, 15) is 9.90 Å². The lowest BCUT2D eigenvalue weighted by Crippen LogP contribution is -2.25. The van der Waals surface area contributed by atoms with Gasteiger partial charge in [-0.2, -0.15) is 5.10 Å². The maximum absolute atomic E-state index is 11.8.